The Bertz CT molecular complexity index is 316. The second-order valence-corrected chi connectivity index (χ2v) is 4.02. The van der Waals surface area contributed by atoms with Crippen molar-refractivity contribution in [2.75, 3.05) is 7.11 Å². The molecule has 0 saturated carbocycles. The van der Waals surface area contributed by atoms with Crippen molar-refractivity contribution in [3.8, 4) is 0 Å². The van der Waals surface area contributed by atoms with Gasteiger partial charge in [-0.3, -0.25) is 0 Å². The molecular weight excluding hydrogens is 237 g/mol. The minimum Gasteiger partial charge on any atom is -0.453 e. The van der Waals surface area contributed by atoms with Crippen molar-refractivity contribution in [1.29, 1.82) is 0 Å². The van der Waals surface area contributed by atoms with E-state index >= 15 is 0 Å². The van der Waals surface area contributed by atoms with E-state index in [9.17, 15) is 4.79 Å². The molecule has 1 N–H and O–H groups in total. The zero-order valence-electron chi connectivity index (χ0n) is 8.11. The molecule has 0 radical (unpaired) electrons. The van der Waals surface area contributed by atoms with Gasteiger partial charge in [0.15, 0.2) is 0 Å². The van der Waals surface area contributed by atoms with E-state index in [1.807, 2.05) is 30.3 Å². The molecule has 0 fully saturated rings. The summed E-state index contributed by atoms with van der Waals surface area (Å²) >= 11 is 11.5. The van der Waals surface area contributed by atoms with Crippen molar-refractivity contribution in [3.05, 3.63) is 35.9 Å². The van der Waals surface area contributed by atoms with Crippen molar-refractivity contribution in [2.45, 2.75) is 10.9 Å². The molecule has 15 heavy (non-hydrogen) atoms. The van der Waals surface area contributed by atoms with Crippen LogP contribution >= 0.6 is 23.2 Å². The number of rotatable bonds is 3. The summed E-state index contributed by atoms with van der Waals surface area (Å²) in [6, 6.07) is 8.75. The Morgan fingerprint density at radius 1 is 1.33 bits per heavy atom. The highest BCUT2D eigenvalue weighted by Crippen LogP contribution is 2.23. The summed E-state index contributed by atoms with van der Waals surface area (Å²) in [5, 5.41) is 2.56. The van der Waals surface area contributed by atoms with E-state index in [0.717, 1.165) is 5.56 Å². The summed E-state index contributed by atoms with van der Waals surface area (Å²) < 4.78 is 4.49. The number of nitrogens with one attached hydrogen (secondary N) is 1. The number of benzene rings is 1. The smallest absolute Gasteiger partial charge is 0.407 e. The maximum Gasteiger partial charge on any atom is 0.407 e. The number of carbonyl (C=O) groups is 1. The molecule has 0 bridgehead atoms. The van der Waals surface area contributed by atoms with Crippen molar-refractivity contribution in [1.82, 2.24) is 5.32 Å². The zero-order chi connectivity index (χ0) is 11.3. The van der Waals surface area contributed by atoms with Crippen LogP contribution in [0, 0.1) is 0 Å². The summed E-state index contributed by atoms with van der Waals surface area (Å²) in [6.45, 7) is 0. The topological polar surface area (TPSA) is 38.3 Å². The number of ether oxygens (including phenoxy) is 1. The van der Waals surface area contributed by atoms with E-state index in [0.29, 0.717) is 0 Å². The molecule has 1 amide bonds. The Morgan fingerprint density at radius 2 is 1.93 bits per heavy atom. The molecule has 1 aromatic rings. The van der Waals surface area contributed by atoms with Crippen LogP contribution in [0.4, 0.5) is 4.79 Å². The number of halogens is 2. The van der Waals surface area contributed by atoms with Crippen LogP contribution in [0.25, 0.3) is 0 Å². The molecule has 0 saturated heterocycles. The SMILES string of the molecule is COC(=O)N[C@@H](c1ccccc1)C(Cl)Cl. The molecule has 82 valence electrons. The van der Waals surface area contributed by atoms with Gasteiger partial charge in [0.2, 0.25) is 0 Å². The highest BCUT2D eigenvalue weighted by atomic mass is 35.5. The molecule has 1 atom stereocenters. The summed E-state index contributed by atoms with van der Waals surface area (Å²) in [5.41, 5.74) is 0.831. The molecule has 0 aliphatic carbocycles. The second-order valence-electron chi connectivity index (χ2n) is 2.86. The monoisotopic (exact) mass is 247 g/mol. The van der Waals surface area contributed by atoms with Crippen LogP contribution in [0.1, 0.15) is 11.6 Å². The molecule has 0 aliphatic rings. The van der Waals surface area contributed by atoms with E-state index in [-0.39, 0.29) is 0 Å². The number of alkyl carbamates (subject to hydrolysis) is 1. The Labute approximate surface area is 98.3 Å². The quantitative estimate of drug-likeness (QED) is 0.835. The summed E-state index contributed by atoms with van der Waals surface area (Å²) in [5.74, 6) is 0. The molecule has 1 rings (SSSR count). The lowest BCUT2D eigenvalue weighted by Crippen LogP contribution is -2.32. The highest BCUT2D eigenvalue weighted by Gasteiger charge is 2.21. The van der Waals surface area contributed by atoms with Crippen LogP contribution in [-0.4, -0.2) is 18.0 Å². The standard InChI is InChI=1S/C10H11Cl2NO2/c1-15-10(14)13-8(9(11)12)7-5-3-2-4-6-7/h2-6,8-9H,1H3,(H,13,14)/t8-/m0/s1. The summed E-state index contributed by atoms with van der Waals surface area (Å²) in [6.07, 6.45) is -0.560. The number of methoxy groups -OCH3 is 1. The van der Waals surface area contributed by atoms with Gasteiger partial charge >= 0.3 is 6.09 Å². The molecule has 0 aliphatic heterocycles. The molecular formula is C10H11Cl2NO2. The van der Waals surface area contributed by atoms with E-state index < -0.39 is 17.0 Å². The van der Waals surface area contributed by atoms with Crippen LogP contribution in [0.3, 0.4) is 0 Å². The van der Waals surface area contributed by atoms with E-state index in [4.69, 9.17) is 23.2 Å². The van der Waals surface area contributed by atoms with Crippen LogP contribution in [0.15, 0.2) is 30.3 Å². The van der Waals surface area contributed by atoms with Crippen LogP contribution < -0.4 is 5.32 Å². The third-order valence-electron chi connectivity index (χ3n) is 1.87. The third kappa shape index (κ3) is 3.61. The van der Waals surface area contributed by atoms with E-state index in [1.54, 1.807) is 0 Å². The summed E-state index contributed by atoms with van der Waals surface area (Å²) in [4.78, 5) is 10.3. The van der Waals surface area contributed by atoms with Gasteiger partial charge in [0, 0.05) is 0 Å². The molecule has 3 nitrogen and oxygen atoms in total. The minimum absolute atomic E-state index is 0.470. The second kappa shape index (κ2) is 5.83. The van der Waals surface area contributed by atoms with Crippen molar-refractivity contribution < 1.29 is 9.53 Å². The van der Waals surface area contributed by atoms with E-state index in [2.05, 4.69) is 10.1 Å². The first kappa shape index (κ1) is 12.1. The Balaban J connectivity index is 2.79. The van der Waals surface area contributed by atoms with Crippen molar-refractivity contribution >= 4 is 29.3 Å². The number of hydrogen-bond donors (Lipinski definition) is 1. The lowest BCUT2D eigenvalue weighted by atomic mass is 10.1. The van der Waals surface area contributed by atoms with Crippen molar-refractivity contribution in [3.63, 3.8) is 0 Å². The highest BCUT2D eigenvalue weighted by molar-refractivity contribution is 6.44. The fourth-order valence-electron chi connectivity index (χ4n) is 1.14. The average molecular weight is 248 g/mol. The van der Waals surface area contributed by atoms with Gasteiger partial charge in [-0.1, -0.05) is 30.3 Å². The van der Waals surface area contributed by atoms with Gasteiger partial charge < -0.3 is 10.1 Å². The van der Waals surface area contributed by atoms with Gasteiger partial charge in [-0.05, 0) is 5.56 Å². The minimum atomic E-state index is -0.730. The van der Waals surface area contributed by atoms with Gasteiger partial charge in [-0.15, -0.1) is 23.2 Å². The van der Waals surface area contributed by atoms with Gasteiger partial charge in [0.25, 0.3) is 0 Å². The fourth-order valence-corrected chi connectivity index (χ4v) is 1.56. The Morgan fingerprint density at radius 3 is 2.40 bits per heavy atom. The number of hydrogen-bond acceptors (Lipinski definition) is 2. The van der Waals surface area contributed by atoms with Gasteiger partial charge in [-0.25, -0.2) is 4.79 Å². The van der Waals surface area contributed by atoms with Crippen molar-refractivity contribution in [2.24, 2.45) is 0 Å². The number of carbonyl (C=O) groups excluding carboxylic acids is 1. The first-order valence-corrected chi connectivity index (χ1v) is 5.20. The molecule has 0 spiro atoms. The third-order valence-corrected chi connectivity index (χ3v) is 2.37. The average Bonchev–Trinajstić information content (AvgIpc) is 2.26. The summed E-state index contributed by atoms with van der Waals surface area (Å²) in [7, 11) is 1.29. The molecule has 0 aromatic heterocycles. The lowest BCUT2D eigenvalue weighted by Gasteiger charge is -2.19. The van der Waals surface area contributed by atoms with Crippen LogP contribution in [-0.2, 0) is 4.74 Å². The predicted octanol–water partition coefficient (Wildman–Crippen LogP) is 2.89. The molecule has 1 aromatic carbocycles. The molecule has 5 heteroatoms. The first-order valence-electron chi connectivity index (χ1n) is 4.32. The van der Waals surface area contributed by atoms with Crippen LogP contribution in [0.2, 0.25) is 0 Å². The maximum absolute atomic E-state index is 11.0. The fraction of sp³-hybridized carbons (Fsp3) is 0.300. The normalized spacial score (nSPS) is 12.3. The maximum atomic E-state index is 11.0. The van der Waals surface area contributed by atoms with Gasteiger partial charge in [-0.2, -0.15) is 0 Å². The lowest BCUT2D eigenvalue weighted by molar-refractivity contribution is 0.167. The Hall–Kier alpha value is -0.930. The van der Waals surface area contributed by atoms with Crippen LogP contribution in [0.5, 0.6) is 0 Å². The van der Waals surface area contributed by atoms with E-state index in [1.165, 1.54) is 7.11 Å². The zero-order valence-corrected chi connectivity index (χ0v) is 9.63. The van der Waals surface area contributed by atoms with Gasteiger partial charge in [0.05, 0.1) is 13.2 Å². The first-order chi connectivity index (χ1) is 7.15. The largest absolute Gasteiger partial charge is 0.453 e. The molecule has 0 unspecified atom stereocenters. The number of alkyl halides is 2. The van der Waals surface area contributed by atoms with Gasteiger partial charge in [0.1, 0.15) is 4.84 Å². The Kier molecular flexibility index (Phi) is 4.72. The molecule has 0 heterocycles. The predicted molar refractivity (Wildman–Crippen MR) is 60.2 cm³/mol. The number of amides is 1.